The highest BCUT2D eigenvalue weighted by Crippen LogP contribution is 2.23. The first-order valence-electron chi connectivity index (χ1n) is 8.99. The summed E-state index contributed by atoms with van der Waals surface area (Å²) >= 11 is 0. The Kier molecular flexibility index (Phi) is 4.26. The Balaban J connectivity index is 1.39. The van der Waals surface area contributed by atoms with Crippen molar-refractivity contribution in [2.45, 2.75) is 44.6 Å². The molecule has 1 saturated carbocycles. The van der Waals surface area contributed by atoms with Gasteiger partial charge < -0.3 is 10.6 Å². The number of amides is 2. The minimum absolute atomic E-state index is 0.0577. The van der Waals surface area contributed by atoms with E-state index in [2.05, 4.69) is 22.8 Å². The molecule has 2 aliphatic rings. The van der Waals surface area contributed by atoms with Gasteiger partial charge in [-0.25, -0.2) is 0 Å². The molecule has 0 atom stereocenters. The number of benzene rings is 2. The Bertz CT molecular complexity index is 824. The normalized spacial score (nSPS) is 15.5. The fourth-order valence-electron chi connectivity index (χ4n) is 3.36. The Labute approximate surface area is 147 Å². The molecule has 0 aliphatic heterocycles. The maximum Gasteiger partial charge on any atom is 0.251 e. The van der Waals surface area contributed by atoms with Gasteiger partial charge in [-0.1, -0.05) is 24.3 Å². The number of anilines is 1. The van der Waals surface area contributed by atoms with Gasteiger partial charge in [0.2, 0.25) is 5.91 Å². The molecule has 4 rings (SSSR count). The molecule has 2 N–H and O–H groups in total. The molecule has 2 aromatic carbocycles. The first-order chi connectivity index (χ1) is 12.2. The minimum Gasteiger partial charge on any atom is -0.349 e. The van der Waals surface area contributed by atoms with Crippen LogP contribution in [0.15, 0.2) is 42.5 Å². The predicted molar refractivity (Wildman–Crippen MR) is 97.7 cm³/mol. The summed E-state index contributed by atoms with van der Waals surface area (Å²) in [4.78, 5) is 24.4. The largest absolute Gasteiger partial charge is 0.349 e. The average Bonchev–Trinajstić information content (AvgIpc) is 3.29. The van der Waals surface area contributed by atoms with Crippen molar-refractivity contribution < 1.29 is 9.59 Å². The molecule has 2 amide bonds. The van der Waals surface area contributed by atoms with Crippen molar-refractivity contribution in [1.82, 2.24) is 5.32 Å². The highest BCUT2D eigenvalue weighted by atomic mass is 16.2. The summed E-state index contributed by atoms with van der Waals surface area (Å²) in [6.45, 7) is 0. The van der Waals surface area contributed by atoms with Crippen molar-refractivity contribution in [3.05, 3.63) is 64.7 Å². The van der Waals surface area contributed by atoms with Crippen LogP contribution in [-0.4, -0.2) is 17.9 Å². The number of hydrogen-bond donors (Lipinski definition) is 2. The zero-order chi connectivity index (χ0) is 17.2. The summed E-state index contributed by atoms with van der Waals surface area (Å²) in [5.41, 5.74) is 5.08. The number of carbonyl (C=O) groups is 2. The molecule has 0 bridgehead atoms. The van der Waals surface area contributed by atoms with E-state index in [1.54, 1.807) is 18.2 Å². The molecule has 2 aliphatic carbocycles. The van der Waals surface area contributed by atoms with Crippen LogP contribution in [0.2, 0.25) is 0 Å². The fraction of sp³-hybridized carbons (Fsp3) is 0.333. The molecule has 0 heterocycles. The van der Waals surface area contributed by atoms with E-state index in [1.165, 1.54) is 17.5 Å². The Hall–Kier alpha value is -2.62. The van der Waals surface area contributed by atoms with Crippen LogP contribution in [0.4, 0.5) is 5.69 Å². The van der Waals surface area contributed by atoms with Crippen LogP contribution in [0.3, 0.4) is 0 Å². The van der Waals surface area contributed by atoms with Crippen LogP contribution < -0.4 is 10.6 Å². The van der Waals surface area contributed by atoms with Gasteiger partial charge in [-0.2, -0.15) is 0 Å². The van der Waals surface area contributed by atoms with Gasteiger partial charge in [-0.3, -0.25) is 9.59 Å². The van der Waals surface area contributed by atoms with Gasteiger partial charge in [0.05, 0.1) is 6.42 Å². The molecule has 0 radical (unpaired) electrons. The van der Waals surface area contributed by atoms with Gasteiger partial charge in [0, 0.05) is 17.3 Å². The number of nitrogens with one attached hydrogen (secondary N) is 2. The van der Waals surface area contributed by atoms with E-state index in [9.17, 15) is 9.59 Å². The lowest BCUT2D eigenvalue weighted by Gasteiger charge is -2.09. The smallest absolute Gasteiger partial charge is 0.251 e. The topological polar surface area (TPSA) is 58.2 Å². The van der Waals surface area contributed by atoms with Crippen LogP contribution >= 0.6 is 0 Å². The lowest BCUT2D eigenvalue weighted by atomic mass is 10.0. The van der Waals surface area contributed by atoms with Crippen LogP contribution in [0, 0.1) is 0 Å². The van der Waals surface area contributed by atoms with Gasteiger partial charge in [0.1, 0.15) is 0 Å². The van der Waals surface area contributed by atoms with Crippen LogP contribution in [0.1, 0.15) is 46.3 Å². The number of fused-ring (bicyclic) bond motifs is 1. The van der Waals surface area contributed by atoms with Gasteiger partial charge in [0.15, 0.2) is 0 Å². The molecule has 1 fully saturated rings. The quantitative estimate of drug-likeness (QED) is 0.882. The van der Waals surface area contributed by atoms with Crippen molar-refractivity contribution in [2.24, 2.45) is 0 Å². The summed E-state index contributed by atoms with van der Waals surface area (Å²) in [7, 11) is 0. The maximum absolute atomic E-state index is 12.3. The van der Waals surface area contributed by atoms with Crippen molar-refractivity contribution in [2.75, 3.05) is 5.32 Å². The summed E-state index contributed by atoms with van der Waals surface area (Å²) < 4.78 is 0. The maximum atomic E-state index is 12.3. The van der Waals surface area contributed by atoms with Crippen molar-refractivity contribution in [3.8, 4) is 0 Å². The second kappa shape index (κ2) is 6.71. The monoisotopic (exact) mass is 334 g/mol. The van der Waals surface area contributed by atoms with E-state index in [0.29, 0.717) is 23.7 Å². The fourth-order valence-corrected chi connectivity index (χ4v) is 3.36. The van der Waals surface area contributed by atoms with E-state index in [4.69, 9.17) is 0 Å². The molecule has 4 nitrogen and oxygen atoms in total. The number of hydrogen-bond acceptors (Lipinski definition) is 2. The first-order valence-corrected chi connectivity index (χ1v) is 8.99. The van der Waals surface area contributed by atoms with E-state index >= 15 is 0 Å². The summed E-state index contributed by atoms with van der Waals surface area (Å²) in [5.74, 6) is -0.130. The van der Waals surface area contributed by atoms with Crippen LogP contribution in [0.5, 0.6) is 0 Å². The van der Waals surface area contributed by atoms with Crippen molar-refractivity contribution in [3.63, 3.8) is 0 Å². The lowest BCUT2D eigenvalue weighted by Crippen LogP contribution is -2.25. The van der Waals surface area contributed by atoms with E-state index in [1.807, 2.05) is 12.1 Å². The molecule has 128 valence electrons. The summed E-state index contributed by atoms with van der Waals surface area (Å²) in [5, 5.41) is 5.87. The molecule has 0 spiro atoms. The standard InChI is InChI=1S/C21H22N2O2/c24-20(12-14-7-8-15-3-1-4-16(15)11-14)22-19-6-2-5-17(13-19)21(25)23-18-9-10-18/h2,5-8,11,13,18H,1,3-4,9-10,12H2,(H,22,24)(H,23,25). The van der Waals surface area contributed by atoms with Crippen molar-refractivity contribution in [1.29, 1.82) is 0 Å². The summed E-state index contributed by atoms with van der Waals surface area (Å²) in [6.07, 6.45) is 5.94. The number of aryl methyl sites for hydroxylation is 2. The molecule has 2 aromatic rings. The van der Waals surface area contributed by atoms with Crippen LogP contribution in [-0.2, 0) is 24.1 Å². The molecule has 25 heavy (non-hydrogen) atoms. The van der Waals surface area contributed by atoms with Crippen molar-refractivity contribution >= 4 is 17.5 Å². The highest BCUT2D eigenvalue weighted by Gasteiger charge is 2.23. The Morgan fingerprint density at radius 2 is 1.84 bits per heavy atom. The molecule has 0 saturated heterocycles. The van der Waals surface area contributed by atoms with Gasteiger partial charge in [0.25, 0.3) is 5.91 Å². The van der Waals surface area contributed by atoms with Gasteiger partial charge >= 0.3 is 0 Å². The second-order valence-electron chi connectivity index (χ2n) is 7.01. The number of carbonyl (C=O) groups excluding carboxylic acids is 2. The highest BCUT2D eigenvalue weighted by molar-refractivity contribution is 5.97. The SMILES string of the molecule is O=C(Cc1ccc2c(c1)CCC2)Nc1cccc(C(=O)NC2CC2)c1. The lowest BCUT2D eigenvalue weighted by molar-refractivity contribution is -0.115. The third-order valence-electron chi connectivity index (χ3n) is 4.85. The van der Waals surface area contributed by atoms with Crippen LogP contribution in [0.25, 0.3) is 0 Å². The van der Waals surface area contributed by atoms with E-state index < -0.39 is 0 Å². The van der Waals surface area contributed by atoms with E-state index in [0.717, 1.165) is 31.2 Å². The molecular weight excluding hydrogens is 312 g/mol. The second-order valence-corrected chi connectivity index (χ2v) is 7.01. The zero-order valence-corrected chi connectivity index (χ0v) is 14.2. The first kappa shape index (κ1) is 15.9. The molecular formula is C21H22N2O2. The predicted octanol–water partition coefficient (Wildman–Crippen LogP) is 3.25. The summed E-state index contributed by atoms with van der Waals surface area (Å²) in [6, 6.07) is 13.8. The third kappa shape index (κ3) is 3.90. The van der Waals surface area contributed by atoms with Gasteiger partial charge in [-0.05, 0) is 67.0 Å². The Morgan fingerprint density at radius 3 is 2.68 bits per heavy atom. The van der Waals surface area contributed by atoms with Gasteiger partial charge in [-0.15, -0.1) is 0 Å². The zero-order valence-electron chi connectivity index (χ0n) is 14.2. The molecule has 0 unspecified atom stereocenters. The third-order valence-corrected chi connectivity index (χ3v) is 4.85. The Morgan fingerprint density at radius 1 is 1.00 bits per heavy atom. The minimum atomic E-state index is -0.0720. The van der Waals surface area contributed by atoms with E-state index in [-0.39, 0.29) is 11.8 Å². The average molecular weight is 334 g/mol. The molecule has 4 heteroatoms. The number of rotatable bonds is 5. The molecule has 0 aromatic heterocycles.